The van der Waals surface area contributed by atoms with E-state index in [2.05, 4.69) is 4.98 Å². The van der Waals surface area contributed by atoms with Gasteiger partial charge in [0.15, 0.2) is 0 Å². The third-order valence-electron chi connectivity index (χ3n) is 1.90. The lowest BCUT2D eigenvalue weighted by Crippen LogP contribution is -2.35. The van der Waals surface area contributed by atoms with Crippen molar-refractivity contribution in [3.63, 3.8) is 0 Å². The quantitative estimate of drug-likeness (QED) is 0.740. The third kappa shape index (κ3) is 2.08. The lowest BCUT2D eigenvalue weighted by atomic mass is 10.3. The van der Waals surface area contributed by atoms with Gasteiger partial charge in [-0.3, -0.25) is 9.36 Å². The van der Waals surface area contributed by atoms with Gasteiger partial charge >= 0.3 is 5.69 Å². The number of rotatable bonds is 3. The lowest BCUT2D eigenvalue weighted by molar-refractivity contribution is 0.609. The molecule has 4 nitrogen and oxygen atoms in total. The van der Waals surface area contributed by atoms with E-state index in [9.17, 15) is 9.59 Å². The maximum atomic E-state index is 11.4. The van der Waals surface area contributed by atoms with Crippen LogP contribution in [0.2, 0.25) is 0 Å². The minimum absolute atomic E-state index is 0.206. The highest BCUT2D eigenvalue weighted by atomic mass is 16.2. The molecule has 0 amide bonds. The minimum atomic E-state index is -0.300. The summed E-state index contributed by atoms with van der Waals surface area (Å²) in [5.41, 5.74) is 0.191. The summed E-state index contributed by atoms with van der Waals surface area (Å²) < 4.78 is 1.22. The van der Waals surface area contributed by atoms with E-state index in [1.807, 2.05) is 13.8 Å². The van der Waals surface area contributed by atoms with Gasteiger partial charge in [0.05, 0.1) is 0 Å². The van der Waals surface area contributed by atoms with Crippen LogP contribution in [-0.4, -0.2) is 9.55 Å². The van der Waals surface area contributed by atoms with Crippen molar-refractivity contribution >= 4 is 0 Å². The van der Waals surface area contributed by atoms with Crippen molar-refractivity contribution in [3.05, 3.63) is 32.6 Å². The monoisotopic (exact) mass is 182 g/mol. The second-order valence-corrected chi connectivity index (χ2v) is 2.94. The molecule has 0 saturated carbocycles. The summed E-state index contributed by atoms with van der Waals surface area (Å²) in [6.07, 6.45) is 1.46. The van der Waals surface area contributed by atoms with Gasteiger partial charge in [-0.1, -0.05) is 13.8 Å². The molecule has 0 aromatic carbocycles. The Hall–Kier alpha value is -1.32. The van der Waals surface area contributed by atoms with E-state index in [4.69, 9.17) is 0 Å². The first kappa shape index (κ1) is 9.77. The van der Waals surface area contributed by atoms with E-state index in [0.717, 1.165) is 6.42 Å². The zero-order valence-electron chi connectivity index (χ0n) is 7.96. The molecule has 0 spiro atoms. The van der Waals surface area contributed by atoms with Crippen molar-refractivity contribution in [1.29, 1.82) is 0 Å². The minimum Gasteiger partial charge on any atom is -0.311 e. The third-order valence-corrected chi connectivity index (χ3v) is 1.90. The Bertz CT molecular complexity index is 358. The molecule has 1 aromatic heterocycles. The summed E-state index contributed by atoms with van der Waals surface area (Å²) in [5.74, 6) is 0. The fourth-order valence-electron chi connectivity index (χ4n) is 1.19. The van der Waals surface area contributed by atoms with Crippen molar-refractivity contribution < 1.29 is 0 Å². The summed E-state index contributed by atoms with van der Waals surface area (Å²) >= 11 is 0. The average molecular weight is 182 g/mol. The second-order valence-electron chi connectivity index (χ2n) is 2.94. The van der Waals surface area contributed by atoms with E-state index in [0.29, 0.717) is 18.7 Å². The molecule has 0 atom stereocenters. The van der Waals surface area contributed by atoms with Gasteiger partial charge in [-0.25, -0.2) is 4.79 Å². The molecule has 72 valence electrons. The molecule has 0 bridgehead atoms. The summed E-state index contributed by atoms with van der Waals surface area (Å²) in [6, 6.07) is 1.48. The highest BCUT2D eigenvalue weighted by Crippen LogP contribution is 1.86. The van der Waals surface area contributed by atoms with Gasteiger partial charge in [-0.15, -0.1) is 0 Å². The van der Waals surface area contributed by atoms with Crippen LogP contribution in [0, 0.1) is 0 Å². The number of nitrogens with zero attached hydrogens (tertiary/aromatic N) is 1. The molecule has 13 heavy (non-hydrogen) atoms. The van der Waals surface area contributed by atoms with Crippen molar-refractivity contribution in [3.8, 4) is 0 Å². The first-order valence-electron chi connectivity index (χ1n) is 4.52. The van der Waals surface area contributed by atoms with E-state index >= 15 is 0 Å². The Morgan fingerprint density at radius 1 is 1.38 bits per heavy atom. The Morgan fingerprint density at radius 3 is 2.54 bits per heavy atom. The van der Waals surface area contributed by atoms with Gasteiger partial charge in [0, 0.05) is 18.3 Å². The first-order valence-corrected chi connectivity index (χ1v) is 4.52. The Kier molecular flexibility index (Phi) is 3.06. The first-order chi connectivity index (χ1) is 6.19. The zero-order valence-corrected chi connectivity index (χ0v) is 7.96. The molecule has 1 aromatic rings. The number of aromatic nitrogens is 2. The van der Waals surface area contributed by atoms with E-state index in [-0.39, 0.29) is 11.2 Å². The highest BCUT2D eigenvalue weighted by Gasteiger charge is 2.01. The van der Waals surface area contributed by atoms with Crippen LogP contribution in [0.4, 0.5) is 0 Å². The van der Waals surface area contributed by atoms with E-state index < -0.39 is 0 Å². The molecule has 0 unspecified atom stereocenters. The van der Waals surface area contributed by atoms with Crippen LogP contribution in [0.25, 0.3) is 0 Å². The van der Waals surface area contributed by atoms with Crippen LogP contribution < -0.4 is 11.2 Å². The molecule has 0 aliphatic carbocycles. The largest absolute Gasteiger partial charge is 0.328 e. The summed E-state index contributed by atoms with van der Waals surface area (Å²) in [5, 5.41) is 0. The van der Waals surface area contributed by atoms with Gasteiger partial charge in [0.2, 0.25) is 0 Å². The van der Waals surface area contributed by atoms with Gasteiger partial charge in [0.1, 0.15) is 0 Å². The highest BCUT2D eigenvalue weighted by molar-refractivity contribution is 4.99. The number of hydrogen-bond acceptors (Lipinski definition) is 2. The molecule has 4 heteroatoms. The Labute approximate surface area is 76.2 Å². The molecule has 0 radical (unpaired) electrons. The van der Waals surface area contributed by atoms with Gasteiger partial charge in [-0.2, -0.15) is 0 Å². The molecule has 0 fully saturated rings. The van der Waals surface area contributed by atoms with E-state index in [1.165, 1.54) is 10.6 Å². The summed E-state index contributed by atoms with van der Waals surface area (Å²) in [4.78, 5) is 25.3. The van der Waals surface area contributed by atoms with Crippen molar-refractivity contribution in [1.82, 2.24) is 9.55 Å². The van der Waals surface area contributed by atoms with Gasteiger partial charge in [-0.05, 0) is 12.8 Å². The molecule has 0 saturated heterocycles. The molecule has 1 heterocycles. The zero-order chi connectivity index (χ0) is 9.84. The topological polar surface area (TPSA) is 54.9 Å². The fraction of sp³-hybridized carbons (Fsp3) is 0.556. The smallest absolute Gasteiger partial charge is 0.311 e. The molecule has 0 aliphatic rings. The Balaban J connectivity index is 3.24. The summed E-state index contributed by atoms with van der Waals surface area (Å²) in [6.45, 7) is 4.31. The standard InChI is InChI=1S/C9H14N2O2/c1-3-5-11-8(12)6-7(4-2)10-9(11)13/h6H,3-5H2,1-2H3,(H,10,13). The number of H-pyrrole nitrogens is 1. The molecular formula is C9H14N2O2. The SMILES string of the molecule is CCCn1c(=O)cc(CC)[nH]c1=O. The molecular weight excluding hydrogens is 168 g/mol. The number of aromatic amines is 1. The number of aryl methyl sites for hydroxylation is 1. The maximum absolute atomic E-state index is 11.4. The molecule has 1 N–H and O–H groups in total. The average Bonchev–Trinajstić information content (AvgIpc) is 2.11. The van der Waals surface area contributed by atoms with Gasteiger partial charge < -0.3 is 4.98 Å². The van der Waals surface area contributed by atoms with Crippen molar-refractivity contribution in [2.75, 3.05) is 0 Å². The number of hydrogen-bond donors (Lipinski definition) is 1. The fourth-order valence-corrected chi connectivity index (χ4v) is 1.19. The predicted molar refractivity (Wildman–Crippen MR) is 51.0 cm³/mol. The normalized spacial score (nSPS) is 10.3. The van der Waals surface area contributed by atoms with Crippen LogP contribution >= 0.6 is 0 Å². The van der Waals surface area contributed by atoms with Crippen LogP contribution in [0.15, 0.2) is 15.7 Å². The van der Waals surface area contributed by atoms with Crippen molar-refractivity contribution in [2.24, 2.45) is 0 Å². The number of nitrogens with one attached hydrogen (secondary N) is 1. The van der Waals surface area contributed by atoms with E-state index in [1.54, 1.807) is 0 Å². The second kappa shape index (κ2) is 4.07. The molecule has 0 aliphatic heterocycles. The lowest BCUT2D eigenvalue weighted by Gasteiger charge is -2.02. The van der Waals surface area contributed by atoms with Crippen LogP contribution in [0.3, 0.4) is 0 Å². The van der Waals surface area contributed by atoms with Crippen LogP contribution in [-0.2, 0) is 13.0 Å². The van der Waals surface area contributed by atoms with Crippen LogP contribution in [0.5, 0.6) is 0 Å². The van der Waals surface area contributed by atoms with Gasteiger partial charge in [0.25, 0.3) is 5.56 Å². The summed E-state index contributed by atoms with van der Waals surface area (Å²) in [7, 11) is 0. The predicted octanol–water partition coefficient (Wildman–Crippen LogP) is 0.509. The molecule has 1 rings (SSSR count). The van der Waals surface area contributed by atoms with Crippen LogP contribution in [0.1, 0.15) is 26.0 Å². The maximum Gasteiger partial charge on any atom is 0.328 e. The van der Waals surface area contributed by atoms with Crippen molar-refractivity contribution in [2.45, 2.75) is 33.2 Å². The Morgan fingerprint density at radius 2 is 2.08 bits per heavy atom.